The van der Waals surface area contributed by atoms with Gasteiger partial charge in [0.15, 0.2) is 17.1 Å². The zero-order valence-electron chi connectivity index (χ0n) is 30.2. The smallest absolute Gasteiger partial charge is 0.159 e. The molecule has 0 unspecified atom stereocenters. The van der Waals surface area contributed by atoms with Crippen molar-refractivity contribution in [1.29, 1.82) is 0 Å². The summed E-state index contributed by atoms with van der Waals surface area (Å²) in [6.45, 7) is 0. The summed E-state index contributed by atoms with van der Waals surface area (Å²) in [6, 6.07) is 68.9. The number of furan rings is 1. The molecule has 262 valence electrons. The molecule has 0 saturated heterocycles. The fourth-order valence-electron chi connectivity index (χ4n) is 8.79. The molecule has 4 nitrogen and oxygen atoms in total. The van der Waals surface area contributed by atoms with Gasteiger partial charge >= 0.3 is 0 Å². The number of hydrogen-bond donors (Lipinski definition) is 0. The molecule has 0 saturated carbocycles. The van der Waals surface area contributed by atoms with Crippen molar-refractivity contribution in [3.63, 3.8) is 0 Å². The molecule has 12 rings (SSSR count). The van der Waals surface area contributed by atoms with Gasteiger partial charge in [-0.05, 0) is 88.1 Å². The number of ether oxygens (including phenoxy) is 1. The van der Waals surface area contributed by atoms with Crippen molar-refractivity contribution in [2.45, 2.75) is 0 Å². The van der Waals surface area contributed by atoms with Crippen LogP contribution in [0.5, 0.6) is 11.5 Å². The molecule has 1 aliphatic heterocycles. The number of hydrogen-bond acceptors (Lipinski definition) is 3. The molecule has 0 atom stereocenters. The van der Waals surface area contributed by atoms with Crippen LogP contribution in [0.2, 0.25) is 0 Å². The topological polar surface area (TPSA) is 30.5 Å². The van der Waals surface area contributed by atoms with Crippen molar-refractivity contribution < 1.29 is 9.15 Å². The molecule has 0 amide bonds. The van der Waals surface area contributed by atoms with Gasteiger partial charge in [0.25, 0.3) is 0 Å². The maximum atomic E-state index is 6.62. The summed E-state index contributed by atoms with van der Waals surface area (Å²) in [5.74, 6) is 1.72. The van der Waals surface area contributed by atoms with Crippen molar-refractivity contribution in [3.8, 4) is 39.4 Å². The summed E-state index contributed by atoms with van der Waals surface area (Å²) in [5, 5.41) is 7.08. The van der Waals surface area contributed by atoms with Crippen molar-refractivity contribution in [1.82, 2.24) is 4.57 Å². The number of fused-ring (bicyclic) bond motifs is 9. The fraction of sp³-hybridized carbons (Fsp3) is 0. The monoisotopic (exact) mass is 716 g/mol. The Kier molecular flexibility index (Phi) is 6.60. The summed E-state index contributed by atoms with van der Waals surface area (Å²) in [6.07, 6.45) is 0. The van der Waals surface area contributed by atoms with Crippen LogP contribution in [-0.4, -0.2) is 4.57 Å². The second kappa shape index (κ2) is 12.0. The third kappa shape index (κ3) is 4.60. The van der Waals surface area contributed by atoms with Gasteiger partial charge in [0, 0.05) is 38.5 Å². The summed E-state index contributed by atoms with van der Waals surface area (Å²) >= 11 is 0. The van der Waals surface area contributed by atoms with Crippen molar-refractivity contribution in [2.75, 3.05) is 4.90 Å². The standard InChI is InChI=1S/C52H32N2O2/c1-2-11-36-32-37(23-22-33(36)10-1)34-24-28-38(29-25-34)53(46-18-7-16-44-42-13-4-6-19-47(42)56-52(44)46)39-30-26-35(27-31-39)40-14-8-20-48-50(40)54-45-17-5-3-12-41(45)43-15-9-21-49(55-48)51(43)54/h1-32H. The van der Waals surface area contributed by atoms with E-state index >= 15 is 0 Å². The second-order valence-corrected chi connectivity index (χ2v) is 14.5. The Hall–Kier alpha value is -7.56. The molecule has 1 aliphatic rings. The van der Waals surface area contributed by atoms with Crippen LogP contribution in [-0.2, 0) is 0 Å². The van der Waals surface area contributed by atoms with E-state index in [0.29, 0.717) is 0 Å². The average Bonchev–Trinajstić information content (AvgIpc) is 3.82. The molecule has 0 fully saturated rings. The molecule has 9 aromatic carbocycles. The Morgan fingerprint density at radius 3 is 1.93 bits per heavy atom. The summed E-state index contributed by atoms with van der Waals surface area (Å²) in [4.78, 5) is 2.31. The highest BCUT2D eigenvalue weighted by Crippen LogP contribution is 2.49. The van der Waals surface area contributed by atoms with E-state index < -0.39 is 0 Å². The Labute approximate surface area is 322 Å². The molecule has 4 heteroatoms. The van der Waals surface area contributed by atoms with E-state index in [4.69, 9.17) is 9.15 Å². The van der Waals surface area contributed by atoms with Crippen LogP contribution in [0.1, 0.15) is 0 Å². The maximum absolute atomic E-state index is 6.62. The van der Waals surface area contributed by atoms with Crippen LogP contribution in [0.3, 0.4) is 0 Å². The van der Waals surface area contributed by atoms with Gasteiger partial charge in [-0.3, -0.25) is 0 Å². The van der Waals surface area contributed by atoms with Gasteiger partial charge in [0.2, 0.25) is 0 Å². The molecular formula is C52H32N2O2. The second-order valence-electron chi connectivity index (χ2n) is 14.5. The molecule has 0 spiro atoms. The molecular weight excluding hydrogens is 685 g/mol. The normalized spacial score (nSPS) is 12.1. The first kappa shape index (κ1) is 30.9. The van der Waals surface area contributed by atoms with Crippen molar-refractivity contribution in [3.05, 3.63) is 194 Å². The van der Waals surface area contributed by atoms with Crippen molar-refractivity contribution in [2.24, 2.45) is 0 Å². The fourth-order valence-corrected chi connectivity index (χ4v) is 8.79. The van der Waals surface area contributed by atoms with Crippen LogP contribution >= 0.6 is 0 Å². The molecule has 0 N–H and O–H groups in total. The lowest BCUT2D eigenvalue weighted by molar-refractivity contribution is 0.477. The first-order chi connectivity index (χ1) is 27.8. The van der Waals surface area contributed by atoms with Gasteiger partial charge in [0.1, 0.15) is 5.58 Å². The minimum atomic E-state index is 0.845. The highest BCUT2D eigenvalue weighted by Gasteiger charge is 2.26. The first-order valence-electron chi connectivity index (χ1n) is 19.0. The predicted octanol–water partition coefficient (Wildman–Crippen LogP) is 14.7. The summed E-state index contributed by atoms with van der Waals surface area (Å²) < 4.78 is 15.6. The van der Waals surface area contributed by atoms with E-state index in [2.05, 4.69) is 191 Å². The van der Waals surface area contributed by atoms with Crippen LogP contribution in [0, 0.1) is 0 Å². The predicted molar refractivity (Wildman–Crippen MR) is 231 cm³/mol. The lowest BCUT2D eigenvalue weighted by Gasteiger charge is -2.26. The van der Waals surface area contributed by atoms with Gasteiger partial charge in [-0.1, -0.05) is 133 Å². The third-order valence-electron chi connectivity index (χ3n) is 11.4. The molecule has 56 heavy (non-hydrogen) atoms. The summed E-state index contributed by atoms with van der Waals surface area (Å²) in [7, 11) is 0. The molecule has 0 radical (unpaired) electrons. The zero-order chi connectivity index (χ0) is 36.7. The van der Waals surface area contributed by atoms with E-state index in [1.165, 1.54) is 38.2 Å². The van der Waals surface area contributed by atoms with Crippen LogP contribution in [0.4, 0.5) is 17.1 Å². The quantitative estimate of drug-likeness (QED) is 0.178. The van der Waals surface area contributed by atoms with Gasteiger partial charge in [-0.15, -0.1) is 0 Å². The third-order valence-corrected chi connectivity index (χ3v) is 11.4. The van der Waals surface area contributed by atoms with Gasteiger partial charge in [0.05, 0.1) is 22.4 Å². The molecule has 0 bridgehead atoms. The lowest BCUT2D eigenvalue weighted by atomic mass is 10.00. The minimum Gasteiger partial charge on any atom is -0.454 e. The lowest BCUT2D eigenvalue weighted by Crippen LogP contribution is -2.10. The Morgan fingerprint density at radius 2 is 1.07 bits per heavy atom. The largest absolute Gasteiger partial charge is 0.454 e. The maximum Gasteiger partial charge on any atom is 0.159 e. The van der Waals surface area contributed by atoms with Crippen molar-refractivity contribution >= 4 is 71.6 Å². The minimum absolute atomic E-state index is 0.845. The highest BCUT2D eigenvalue weighted by molar-refractivity contribution is 6.13. The first-order valence-corrected chi connectivity index (χ1v) is 19.0. The average molecular weight is 717 g/mol. The van der Waals surface area contributed by atoms with E-state index in [-0.39, 0.29) is 0 Å². The SMILES string of the molecule is c1cc2c(c(-c3ccc(N(c4ccc(-c5ccc6ccccc6c5)cc4)c4cccc5c4oc4ccccc45)cc3)c1)-n1c3ccccc3c3cccc(c31)O2. The zero-order valence-corrected chi connectivity index (χ0v) is 30.2. The van der Waals surface area contributed by atoms with E-state index in [0.717, 1.165) is 72.8 Å². The van der Waals surface area contributed by atoms with Crippen LogP contribution in [0.25, 0.3) is 82.5 Å². The Balaban J connectivity index is 1.01. The summed E-state index contributed by atoms with van der Waals surface area (Å²) in [5.41, 5.74) is 12.7. The highest BCUT2D eigenvalue weighted by atomic mass is 16.5. The van der Waals surface area contributed by atoms with Crippen LogP contribution in [0.15, 0.2) is 199 Å². The number of benzene rings is 9. The Morgan fingerprint density at radius 1 is 0.429 bits per heavy atom. The van der Waals surface area contributed by atoms with E-state index in [1.54, 1.807) is 0 Å². The number of aromatic nitrogens is 1. The van der Waals surface area contributed by atoms with Gasteiger partial charge in [-0.2, -0.15) is 0 Å². The number of anilines is 3. The van der Waals surface area contributed by atoms with E-state index in [9.17, 15) is 0 Å². The van der Waals surface area contributed by atoms with Gasteiger partial charge < -0.3 is 18.6 Å². The molecule has 2 aromatic heterocycles. The molecule has 11 aromatic rings. The molecule has 3 heterocycles. The molecule has 0 aliphatic carbocycles. The number of nitrogens with zero attached hydrogens (tertiary/aromatic N) is 2. The van der Waals surface area contributed by atoms with Crippen LogP contribution < -0.4 is 9.64 Å². The Bertz CT molecular complexity index is 3340. The number of rotatable bonds is 5. The number of para-hydroxylation sites is 5. The van der Waals surface area contributed by atoms with E-state index in [1.807, 2.05) is 12.1 Å². The van der Waals surface area contributed by atoms with Gasteiger partial charge in [-0.25, -0.2) is 0 Å².